The quantitative estimate of drug-likeness (QED) is 0.464. The van der Waals surface area contributed by atoms with Crippen molar-refractivity contribution in [1.29, 1.82) is 0 Å². The molecule has 162 valence electrons. The topological polar surface area (TPSA) is 49.7 Å². The Kier molecular flexibility index (Phi) is 5.41. The fraction of sp³-hybridized carbons (Fsp3) is 0.222. The van der Waals surface area contributed by atoms with E-state index in [9.17, 15) is 5.11 Å². The van der Waals surface area contributed by atoms with Crippen LogP contribution in [0.4, 0.5) is 5.69 Å². The molecule has 1 saturated heterocycles. The van der Waals surface area contributed by atoms with Crippen LogP contribution >= 0.6 is 0 Å². The van der Waals surface area contributed by atoms with E-state index in [1.807, 2.05) is 61.0 Å². The summed E-state index contributed by atoms with van der Waals surface area (Å²) < 4.78 is 13.6. The minimum atomic E-state index is 0.271. The van der Waals surface area contributed by atoms with Crippen molar-refractivity contribution in [2.24, 2.45) is 7.05 Å². The first-order chi connectivity index (χ1) is 15.6. The van der Waals surface area contributed by atoms with Gasteiger partial charge in [0.1, 0.15) is 12.8 Å². The maximum absolute atomic E-state index is 10.7. The smallest absolute Gasteiger partial charge is 0.374 e. The molecule has 0 saturated carbocycles. The summed E-state index contributed by atoms with van der Waals surface area (Å²) in [7, 11) is 2.00. The van der Waals surface area contributed by atoms with Crippen molar-refractivity contribution in [2.45, 2.75) is 6.92 Å². The number of oxazole rings is 1. The second-order valence-corrected chi connectivity index (χ2v) is 8.18. The first-order valence-electron chi connectivity index (χ1n) is 10.9. The molecule has 0 bridgehead atoms. The lowest BCUT2D eigenvalue weighted by atomic mass is 10.0. The van der Waals surface area contributed by atoms with Crippen LogP contribution in [0.2, 0.25) is 0 Å². The minimum absolute atomic E-state index is 0.271. The largest absolute Gasteiger partial charge is 0.507 e. The van der Waals surface area contributed by atoms with Crippen LogP contribution in [-0.2, 0) is 11.8 Å². The second kappa shape index (κ2) is 8.52. The van der Waals surface area contributed by atoms with Crippen LogP contribution in [0.15, 0.2) is 71.1 Å². The summed E-state index contributed by atoms with van der Waals surface area (Å²) in [5.74, 6) is 1.01. The Bertz CT molecular complexity index is 1290. The zero-order valence-electron chi connectivity index (χ0n) is 18.4. The van der Waals surface area contributed by atoms with Gasteiger partial charge in [0.15, 0.2) is 0 Å². The Hall–Kier alpha value is -3.57. The van der Waals surface area contributed by atoms with Gasteiger partial charge < -0.3 is 19.2 Å². The summed E-state index contributed by atoms with van der Waals surface area (Å²) in [5.41, 5.74) is 6.94. The maximum Gasteiger partial charge on any atom is 0.374 e. The van der Waals surface area contributed by atoms with Crippen molar-refractivity contribution in [1.82, 2.24) is 0 Å². The van der Waals surface area contributed by atoms with E-state index in [-0.39, 0.29) is 5.75 Å². The Balaban J connectivity index is 1.46. The maximum atomic E-state index is 10.7. The van der Waals surface area contributed by atoms with Crippen LogP contribution in [0.3, 0.4) is 0 Å². The number of phenols is 1. The van der Waals surface area contributed by atoms with E-state index in [0.717, 1.165) is 65.7 Å². The second-order valence-electron chi connectivity index (χ2n) is 8.18. The highest BCUT2D eigenvalue weighted by Crippen LogP contribution is 2.31. The van der Waals surface area contributed by atoms with Gasteiger partial charge in [0.25, 0.3) is 5.52 Å². The summed E-state index contributed by atoms with van der Waals surface area (Å²) >= 11 is 0. The summed E-state index contributed by atoms with van der Waals surface area (Å²) in [5, 5.41) is 10.7. The number of phenolic OH excluding ortho intramolecular Hbond substituents is 1. The highest BCUT2D eigenvalue weighted by atomic mass is 16.5. The van der Waals surface area contributed by atoms with Crippen molar-refractivity contribution >= 4 is 28.4 Å². The van der Waals surface area contributed by atoms with Crippen molar-refractivity contribution in [3.63, 3.8) is 0 Å². The average Bonchev–Trinajstić information content (AvgIpc) is 3.14. The number of nitrogens with zero attached hydrogens (tertiary/aromatic N) is 2. The van der Waals surface area contributed by atoms with Crippen molar-refractivity contribution in [3.05, 3.63) is 78.2 Å². The molecule has 1 fully saturated rings. The number of hydrogen-bond donors (Lipinski definition) is 1. The molecule has 1 N–H and O–H groups in total. The molecule has 5 rings (SSSR count). The first kappa shape index (κ1) is 20.3. The Morgan fingerprint density at radius 3 is 2.50 bits per heavy atom. The molecule has 2 heterocycles. The van der Waals surface area contributed by atoms with Gasteiger partial charge in [-0.3, -0.25) is 0 Å². The average molecular weight is 428 g/mol. The first-order valence-corrected chi connectivity index (χ1v) is 10.9. The Labute approximate surface area is 187 Å². The third-order valence-electron chi connectivity index (χ3n) is 6.09. The van der Waals surface area contributed by atoms with Crippen LogP contribution in [0.5, 0.6) is 5.75 Å². The SMILES string of the molecule is CC(=Cc1oc2ccc(-c3ccccc3)cc2[n+]1C)c1ccc(N2CCOCC2)cc1O. The van der Waals surface area contributed by atoms with Gasteiger partial charge in [-0.25, -0.2) is 0 Å². The molecular formula is C27H27N2O3+. The summed E-state index contributed by atoms with van der Waals surface area (Å²) in [6.07, 6.45) is 1.98. The molecule has 5 nitrogen and oxygen atoms in total. The van der Waals surface area contributed by atoms with Crippen LogP contribution < -0.4 is 9.47 Å². The molecular weight excluding hydrogens is 400 g/mol. The zero-order chi connectivity index (χ0) is 22.1. The number of aromatic nitrogens is 1. The molecule has 0 aliphatic carbocycles. The minimum Gasteiger partial charge on any atom is -0.507 e. The molecule has 5 heteroatoms. The molecule has 0 radical (unpaired) electrons. The van der Waals surface area contributed by atoms with E-state index in [2.05, 4.69) is 35.2 Å². The molecule has 0 unspecified atom stereocenters. The lowest BCUT2D eigenvalue weighted by Crippen LogP contribution is -2.36. The number of rotatable bonds is 4. The molecule has 1 aliphatic heterocycles. The Morgan fingerprint density at radius 2 is 1.75 bits per heavy atom. The molecule has 3 aromatic carbocycles. The molecule has 4 aromatic rings. The van der Waals surface area contributed by atoms with Crippen molar-refractivity contribution < 1.29 is 18.8 Å². The molecule has 1 aliphatic rings. The van der Waals surface area contributed by atoms with Crippen LogP contribution in [-0.4, -0.2) is 31.4 Å². The molecule has 32 heavy (non-hydrogen) atoms. The van der Waals surface area contributed by atoms with E-state index in [4.69, 9.17) is 9.15 Å². The van der Waals surface area contributed by atoms with Gasteiger partial charge in [-0.1, -0.05) is 36.4 Å². The third kappa shape index (κ3) is 3.87. The Morgan fingerprint density at radius 1 is 0.969 bits per heavy atom. The number of allylic oxidation sites excluding steroid dienone is 1. The van der Waals surface area contributed by atoms with E-state index in [1.165, 1.54) is 5.56 Å². The van der Waals surface area contributed by atoms with E-state index in [0.29, 0.717) is 0 Å². The standard InChI is InChI=1S/C27H26N2O3/c1-19(23-10-9-22(18-25(23)30)29-12-14-31-15-13-29)16-27-28(2)24-17-21(8-11-26(24)32-27)20-6-4-3-5-7-20/h3-11,16-18H,12-15H2,1-2H3/p+1. The normalized spacial score (nSPS) is 14.8. The van der Waals surface area contributed by atoms with Gasteiger partial charge in [0.2, 0.25) is 5.58 Å². The monoisotopic (exact) mass is 427 g/mol. The number of hydrogen-bond acceptors (Lipinski definition) is 4. The molecule has 0 spiro atoms. The number of anilines is 1. The van der Waals surface area contributed by atoms with Crippen LogP contribution in [0.1, 0.15) is 18.4 Å². The summed E-state index contributed by atoms with van der Waals surface area (Å²) in [6.45, 7) is 5.11. The highest BCUT2D eigenvalue weighted by Gasteiger charge is 2.19. The van der Waals surface area contributed by atoms with E-state index < -0.39 is 0 Å². The predicted molar refractivity (Wildman–Crippen MR) is 128 cm³/mol. The molecule has 0 atom stereocenters. The number of benzene rings is 3. The fourth-order valence-corrected chi connectivity index (χ4v) is 4.24. The summed E-state index contributed by atoms with van der Waals surface area (Å²) in [6, 6.07) is 22.4. The van der Waals surface area contributed by atoms with Gasteiger partial charge >= 0.3 is 5.89 Å². The number of fused-ring (bicyclic) bond motifs is 1. The number of ether oxygens (including phenoxy) is 1. The van der Waals surface area contributed by atoms with E-state index >= 15 is 0 Å². The lowest BCUT2D eigenvalue weighted by molar-refractivity contribution is -0.651. The number of aryl methyl sites for hydroxylation is 1. The van der Waals surface area contributed by atoms with Crippen LogP contribution in [0.25, 0.3) is 33.9 Å². The van der Waals surface area contributed by atoms with Gasteiger partial charge in [-0.2, -0.15) is 4.57 Å². The lowest BCUT2D eigenvalue weighted by Gasteiger charge is -2.29. The molecule has 1 aromatic heterocycles. The zero-order valence-corrected chi connectivity index (χ0v) is 18.4. The number of aromatic hydroxyl groups is 1. The predicted octanol–water partition coefficient (Wildman–Crippen LogP) is 5.03. The van der Waals surface area contributed by atoms with E-state index in [1.54, 1.807) is 0 Å². The van der Waals surface area contributed by atoms with Gasteiger partial charge in [0.05, 0.1) is 19.3 Å². The third-order valence-corrected chi connectivity index (χ3v) is 6.09. The highest BCUT2D eigenvalue weighted by molar-refractivity contribution is 5.83. The van der Waals surface area contributed by atoms with Crippen molar-refractivity contribution in [2.75, 3.05) is 31.2 Å². The van der Waals surface area contributed by atoms with Crippen molar-refractivity contribution in [3.8, 4) is 16.9 Å². The van der Waals surface area contributed by atoms with Gasteiger partial charge in [-0.15, -0.1) is 0 Å². The van der Waals surface area contributed by atoms with Crippen LogP contribution in [0, 0.1) is 0 Å². The van der Waals surface area contributed by atoms with Gasteiger partial charge in [0, 0.05) is 36.5 Å². The fourth-order valence-electron chi connectivity index (χ4n) is 4.24. The summed E-state index contributed by atoms with van der Waals surface area (Å²) in [4.78, 5) is 2.23. The molecule has 0 amide bonds. The van der Waals surface area contributed by atoms with Gasteiger partial charge in [-0.05, 0) is 41.8 Å². The number of morpholine rings is 1.